The van der Waals surface area contributed by atoms with Gasteiger partial charge in [0.05, 0.1) is 0 Å². The lowest BCUT2D eigenvalue weighted by Gasteiger charge is -2.26. The highest BCUT2D eigenvalue weighted by atomic mass is 16.2. The normalized spacial score (nSPS) is 12.4. The lowest BCUT2D eigenvalue weighted by molar-refractivity contribution is -0.133. The Morgan fingerprint density at radius 2 is 1.54 bits per heavy atom. The van der Waals surface area contributed by atoms with Crippen molar-refractivity contribution in [2.24, 2.45) is 5.41 Å². The highest BCUT2D eigenvalue weighted by Crippen LogP contribution is 2.24. The van der Waals surface area contributed by atoms with Crippen molar-refractivity contribution in [2.75, 3.05) is 0 Å². The van der Waals surface area contributed by atoms with Gasteiger partial charge in [0.15, 0.2) is 5.78 Å². The Bertz CT molecular complexity index is 708. The van der Waals surface area contributed by atoms with Gasteiger partial charge in [0.25, 0.3) is 0 Å². The van der Waals surface area contributed by atoms with E-state index >= 15 is 0 Å². The Labute approximate surface area is 156 Å². The molecular formula is C23H29NO2. The van der Waals surface area contributed by atoms with E-state index in [1.165, 1.54) is 5.56 Å². The van der Waals surface area contributed by atoms with E-state index in [2.05, 4.69) is 17.4 Å². The SMILES string of the molecule is CCC(C)(C)C(=O)N[C@@H](C(=O)CCCc1ccccc1)c1ccccc1. The van der Waals surface area contributed by atoms with Gasteiger partial charge in [-0.1, -0.05) is 81.4 Å². The molecule has 1 N–H and O–H groups in total. The summed E-state index contributed by atoms with van der Waals surface area (Å²) >= 11 is 0. The summed E-state index contributed by atoms with van der Waals surface area (Å²) in [7, 11) is 0. The van der Waals surface area contributed by atoms with Crippen LogP contribution in [-0.2, 0) is 16.0 Å². The van der Waals surface area contributed by atoms with Gasteiger partial charge in [-0.15, -0.1) is 0 Å². The zero-order valence-electron chi connectivity index (χ0n) is 16.0. The molecule has 0 heterocycles. The van der Waals surface area contributed by atoms with Gasteiger partial charge in [-0.25, -0.2) is 0 Å². The van der Waals surface area contributed by atoms with Gasteiger partial charge in [-0.2, -0.15) is 0 Å². The third kappa shape index (κ3) is 5.55. The summed E-state index contributed by atoms with van der Waals surface area (Å²) in [5, 5.41) is 2.98. The van der Waals surface area contributed by atoms with Gasteiger partial charge in [-0.05, 0) is 30.4 Å². The zero-order valence-corrected chi connectivity index (χ0v) is 16.0. The molecule has 0 aromatic heterocycles. The molecule has 26 heavy (non-hydrogen) atoms. The first-order valence-corrected chi connectivity index (χ1v) is 9.36. The molecule has 2 aromatic carbocycles. The number of hydrogen-bond donors (Lipinski definition) is 1. The summed E-state index contributed by atoms with van der Waals surface area (Å²) in [5.41, 5.74) is 1.59. The van der Waals surface area contributed by atoms with E-state index in [9.17, 15) is 9.59 Å². The molecule has 1 atom stereocenters. The molecule has 2 aromatic rings. The smallest absolute Gasteiger partial charge is 0.226 e. The van der Waals surface area contributed by atoms with Crippen LogP contribution in [0.4, 0.5) is 0 Å². The van der Waals surface area contributed by atoms with Crippen LogP contribution in [0, 0.1) is 5.41 Å². The van der Waals surface area contributed by atoms with Gasteiger partial charge in [0.1, 0.15) is 6.04 Å². The van der Waals surface area contributed by atoms with E-state index in [1.54, 1.807) is 0 Å². The molecule has 0 spiro atoms. The third-order valence-electron chi connectivity index (χ3n) is 4.96. The van der Waals surface area contributed by atoms with Crippen molar-refractivity contribution < 1.29 is 9.59 Å². The Morgan fingerprint density at radius 3 is 2.12 bits per heavy atom. The van der Waals surface area contributed by atoms with E-state index in [1.807, 2.05) is 69.3 Å². The predicted molar refractivity (Wildman–Crippen MR) is 106 cm³/mol. The van der Waals surface area contributed by atoms with Crippen molar-refractivity contribution in [3.05, 3.63) is 71.8 Å². The highest BCUT2D eigenvalue weighted by molar-refractivity contribution is 5.91. The van der Waals surface area contributed by atoms with Gasteiger partial charge in [-0.3, -0.25) is 9.59 Å². The molecule has 0 saturated heterocycles. The Balaban J connectivity index is 2.05. The quantitative estimate of drug-likeness (QED) is 0.700. The fourth-order valence-corrected chi connectivity index (χ4v) is 2.74. The molecule has 0 aliphatic heterocycles. The van der Waals surface area contributed by atoms with Crippen LogP contribution in [0.15, 0.2) is 60.7 Å². The topological polar surface area (TPSA) is 46.2 Å². The molecule has 0 fully saturated rings. The zero-order chi connectivity index (χ0) is 19.0. The first-order valence-electron chi connectivity index (χ1n) is 9.36. The standard InChI is InChI=1S/C23H29NO2/c1-4-23(2,3)22(26)24-21(19-15-9-6-10-16-19)20(25)17-11-14-18-12-7-5-8-13-18/h5-10,12-13,15-16,21H,4,11,14,17H2,1-3H3,(H,24,26)/t21-/m1/s1. The van der Waals surface area contributed by atoms with Crippen molar-refractivity contribution in [3.63, 3.8) is 0 Å². The van der Waals surface area contributed by atoms with Crippen LogP contribution in [0.25, 0.3) is 0 Å². The summed E-state index contributed by atoms with van der Waals surface area (Å²) in [5.74, 6) is -0.0161. The molecule has 0 bridgehead atoms. The van der Waals surface area contributed by atoms with Crippen LogP contribution in [0.3, 0.4) is 0 Å². The molecule has 0 aliphatic rings. The number of nitrogens with one attached hydrogen (secondary N) is 1. The number of ketones is 1. The van der Waals surface area contributed by atoms with Crippen molar-refractivity contribution in [1.29, 1.82) is 0 Å². The maximum atomic E-state index is 12.9. The number of aryl methyl sites for hydroxylation is 1. The molecule has 3 nitrogen and oxygen atoms in total. The van der Waals surface area contributed by atoms with E-state index in [4.69, 9.17) is 0 Å². The van der Waals surface area contributed by atoms with E-state index in [0.717, 1.165) is 24.8 Å². The average molecular weight is 351 g/mol. The Morgan fingerprint density at radius 1 is 0.962 bits per heavy atom. The fourth-order valence-electron chi connectivity index (χ4n) is 2.74. The summed E-state index contributed by atoms with van der Waals surface area (Å²) in [6.07, 6.45) is 2.81. The lowest BCUT2D eigenvalue weighted by Crippen LogP contribution is -2.41. The summed E-state index contributed by atoms with van der Waals surface area (Å²) in [6, 6.07) is 19.1. The number of hydrogen-bond acceptors (Lipinski definition) is 2. The van der Waals surface area contributed by atoms with Crippen molar-refractivity contribution in [2.45, 2.75) is 52.5 Å². The minimum atomic E-state index is -0.578. The molecule has 0 radical (unpaired) electrons. The number of carbonyl (C=O) groups excluding carboxylic acids is 2. The monoisotopic (exact) mass is 351 g/mol. The Kier molecular flexibility index (Phi) is 7.14. The minimum Gasteiger partial charge on any atom is -0.342 e. The number of Topliss-reactive ketones (excluding diaryl/α,β-unsaturated/α-hetero) is 1. The molecule has 1 amide bonds. The van der Waals surface area contributed by atoms with Crippen LogP contribution < -0.4 is 5.32 Å². The highest BCUT2D eigenvalue weighted by Gasteiger charge is 2.30. The number of amides is 1. The summed E-state index contributed by atoms with van der Waals surface area (Å²) in [6.45, 7) is 5.80. The van der Waals surface area contributed by atoms with Crippen LogP contribution in [-0.4, -0.2) is 11.7 Å². The summed E-state index contributed by atoms with van der Waals surface area (Å²) in [4.78, 5) is 25.5. The maximum Gasteiger partial charge on any atom is 0.226 e. The van der Waals surface area contributed by atoms with Crippen molar-refractivity contribution in [3.8, 4) is 0 Å². The molecule has 0 saturated carbocycles. The van der Waals surface area contributed by atoms with Gasteiger partial charge in [0.2, 0.25) is 5.91 Å². The Hall–Kier alpha value is -2.42. The second kappa shape index (κ2) is 9.33. The molecular weight excluding hydrogens is 322 g/mol. The van der Waals surface area contributed by atoms with E-state index in [0.29, 0.717) is 6.42 Å². The van der Waals surface area contributed by atoms with Crippen molar-refractivity contribution in [1.82, 2.24) is 5.32 Å². The first kappa shape index (κ1) is 19.9. The molecule has 2 rings (SSSR count). The van der Waals surface area contributed by atoms with Crippen LogP contribution in [0.1, 0.15) is 57.2 Å². The van der Waals surface area contributed by atoms with Gasteiger partial charge < -0.3 is 5.32 Å². The number of benzene rings is 2. The number of rotatable bonds is 9. The van der Waals surface area contributed by atoms with E-state index in [-0.39, 0.29) is 11.7 Å². The maximum absolute atomic E-state index is 12.9. The molecule has 0 aliphatic carbocycles. The summed E-state index contributed by atoms with van der Waals surface area (Å²) < 4.78 is 0. The van der Waals surface area contributed by atoms with Gasteiger partial charge >= 0.3 is 0 Å². The molecule has 0 unspecified atom stereocenters. The van der Waals surface area contributed by atoms with E-state index < -0.39 is 11.5 Å². The molecule has 138 valence electrons. The second-order valence-corrected chi connectivity index (χ2v) is 7.36. The largest absolute Gasteiger partial charge is 0.342 e. The van der Waals surface area contributed by atoms with Crippen molar-refractivity contribution >= 4 is 11.7 Å². The number of carbonyl (C=O) groups is 2. The second-order valence-electron chi connectivity index (χ2n) is 7.36. The average Bonchev–Trinajstić information content (AvgIpc) is 2.67. The van der Waals surface area contributed by atoms with Crippen LogP contribution in [0.2, 0.25) is 0 Å². The third-order valence-corrected chi connectivity index (χ3v) is 4.96. The lowest BCUT2D eigenvalue weighted by atomic mass is 9.88. The first-order chi connectivity index (χ1) is 12.4. The van der Waals surface area contributed by atoms with Crippen LogP contribution >= 0.6 is 0 Å². The predicted octanol–water partition coefficient (Wildman–Crippen LogP) is 4.87. The molecule has 3 heteroatoms. The van der Waals surface area contributed by atoms with Crippen LogP contribution in [0.5, 0.6) is 0 Å². The fraction of sp³-hybridized carbons (Fsp3) is 0.391. The van der Waals surface area contributed by atoms with Gasteiger partial charge in [0, 0.05) is 11.8 Å². The minimum absolute atomic E-state index is 0.0624.